The van der Waals surface area contributed by atoms with Gasteiger partial charge in [0.15, 0.2) is 10.2 Å². The summed E-state index contributed by atoms with van der Waals surface area (Å²) < 4.78 is 5.29. The number of allylic oxidation sites excluding steroid dienone is 3. The van der Waals surface area contributed by atoms with Crippen LogP contribution in [0.2, 0.25) is 0 Å². The topological polar surface area (TPSA) is 38.1 Å². The molecular weight excluding hydrogens is 226 g/mol. The van der Waals surface area contributed by atoms with E-state index in [1.54, 1.807) is 18.0 Å². The Balaban J connectivity index is 2.83. The van der Waals surface area contributed by atoms with E-state index in [0.29, 0.717) is 0 Å². The molecule has 1 aromatic rings. The van der Waals surface area contributed by atoms with Crippen LogP contribution in [0.15, 0.2) is 27.7 Å². The van der Waals surface area contributed by atoms with Crippen LogP contribution in [-0.2, 0) is 0 Å². The number of thioether (sulfide) groups is 1. The predicted octanol–water partition coefficient (Wildman–Crippen LogP) is 3.27. The van der Waals surface area contributed by atoms with Crippen molar-refractivity contribution in [3.8, 4) is 0 Å². The van der Waals surface area contributed by atoms with E-state index in [9.17, 15) is 0 Å². The fraction of sp³-hybridized carbons (Fsp3) is 0.300. The average Bonchev–Trinajstić information content (AvgIpc) is 2.68. The summed E-state index contributed by atoms with van der Waals surface area (Å²) in [5.74, 6) is 1.78. The van der Waals surface area contributed by atoms with Crippen molar-refractivity contribution in [2.24, 2.45) is 4.99 Å². The van der Waals surface area contributed by atoms with Gasteiger partial charge in [0.2, 0.25) is 0 Å². The van der Waals surface area contributed by atoms with Crippen LogP contribution in [0.4, 0.5) is 0 Å². The predicted molar refractivity (Wildman–Crippen MR) is 68.6 cm³/mol. The van der Waals surface area contributed by atoms with E-state index in [4.69, 9.17) is 0 Å². The van der Waals surface area contributed by atoms with Gasteiger partial charge in [-0.25, -0.2) is 4.98 Å². The second kappa shape index (κ2) is 6.53. The Kier molecular flexibility index (Phi) is 5.28. The van der Waals surface area contributed by atoms with Crippen LogP contribution in [0.5, 0.6) is 0 Å². The van der Waals surface area contributed by atoms with Crippen molar-refractivity contribution < 1.29 is 0 Å². The largest absolute Gasteiger partial charge is 0.272 e. The molecule has 0 aliphatic rings. The van der Waals surface area contributed by atoms with Crippen LogP contribution in [0, 0.1) is 0 Å². The molecule has 1 heterocycles. The Morgan fingerprint density at radius 2 is 2.47 bits per heavy atom. The van der Waals surface area contributed by atoms with E-state index in [0.717, 1.165) is 21.5 Å². The van der Waals surface area contributed by atoms with Gasteiger partial charge in [0.05, 0.1) is 0 Å². The molecule has 0 atom stereocenters. The van der Waals surface area contributed by atoms with Crippen LogP contribution in [0.3, 0.4) is 0 Å². The maximum Gasteiger partial charge on any atom is 0.173 e. The van der Waals surface area contributed by atoms with Crippen molar-refractivity contribution in [1.82, 2.24) is 9.36 Å². The minimum Gasteiger partial charge on any atom is -0.272 e. The Morgan fingerprint density at radius 1 is 1.67 bits per heavy atom. The molecule has 0 aliphatic heterocycles. The van der Waals surface area contributed by atoms with E-state index in [1.165, 1.54) is 11.5 Å². The molecule has 0 bridgehead atoms. The highest BCUT2D eigenvalue weighted by atomic mass is 32.2. The lowest BCUT2D eigenvalue weighted by Gasteiger charge is -1.92. The number of aliphatic imine (C=N–C) groups is 1. The highest BCUT2D eigenvalue weighted by molar-refractivity contribution is 8.00. The summed E-state index contributed by atoms with van der Waals surface area (Å²) in [6.45, 7) is 7.44. The quantitative estimate of drug-likeness (QED) is 0.449. The lowest BCUT2D eigenvalue weighted by molar-refractivity contribution is 1.17. The van der Waals surface area contributed by atoms with Crippen molar-refractivity contribution in [3.05, 3.63) is 24.2 Å². The molecule has 0 aromatic carbocycles. The lowest BCUT2D eigenvalue weighted by atomic mass is 10.2. The van der Waals surface area contributed by atoms with Crippen molar-refractivity contribution in [1.29, 1.82) is 0 Å². The highest BCUT2D eigenvalue weighted by Crippen LogP contribution is 2.23. The van der Waals surface area contributed by atoms with Gasteiger partial charge < -0.3 is 0 Å². The first kappa shape index (κ1) is 12.1. The molecule has 0 N–H and O–H groups in total. The first-order valence-electron chi connectivity index (χ1n) is 4.57. The smallest absolute Gasteiger partial charge is 0.173 e. The zero-order valence-electron chi connectivity index (χ0n) is 8.80. The van der Waals surface area contributed by atoms with E-state index in [2.05, 4.69) is 28.0 Å². The summed E-state index contributed by atoms with van der Waals surface area (Å²) in [5.41, 5.74) is 0.974. The summed E-state index contributed by atoms with van der Waals surface area (Å²) in [7, 11) is 0. The molecule has 5 heteroatoms. The van der Waals surface area contributed by atoms with Gasteiger partial charge in [-0.05, 0) is 37.0 Å². The first-order chi connectivity index (χ1) is 7.31. The van der Waals surface area contributed by atoms with Gasteiger partial charge in [0, 0.05) is 11.8 Å². The van der Waals surface area contributed by atoms with E-state index >= 15 is 0 Å². The molecule has 3 nitrogen and oxygen atoms in total. The zero-order valence-corrected chi connectivity index (χ0v) is 10.4. The van der Waals surface area contributed by atoms with Crippen LogP contribution in [0.1, 0.15) is 19.7 Å². The molecule has 0 saturated heterocycles. The minimum absolute atomic E-state index is 0.762. The van der Waals surface area contributed by atoms with Crippen LogP contribution < -0.4 is 0 Å². The Hall–Kier alpha value is -0.940. The Morgan fingerprint density at radius 3 is 3.07 bits per heavy atom. The SMILES string of the molecule is C=N/C=C\C(=C/C)c1nsc(SCC)n1. The number of aromatic nitrogens is 2. The molecule has 80 valence electrons. The van der Waals surface area contributed by atoms with Crippen molar-refractivity contribution in [2.75, 3.05) is 5.75 Å². The summed E-state index contributed by atoms with van der Waals surface area (Å²) in [5, 5.41) is 0. The molecule has 0 unspecified atom stereocenters. The minimum atomic E-state index is 0.762. The standard InChI is InChI=1S/C10H13N3S2/c1-4-8(6-7-11-3)9-12-10(14-5-2)15-13-9/h4,6-7H,3,5H2,1-2H3/b7-6-,8-4+. The van der Waals surface area contributed by atoms with Crippen LogP contribution >= 0.6 is 23.3 Å². The van der Waals surface area contributed by atoms with E-state index < -0.39 is 0 Å². The summed E-state index contributed by atoms with van der Waals surface area (Å²) in [6, 6.07) is 0. The van der Waals surface area contributed by atoms with Crippen LogP contribution in [-0.4, -0.2) is 21.8 Å². The third-order valence-electron chi connectivity index (χ3n) is 1.60. The third-order valence-corrected chi connectivity index (χ3v) is 3.32. The molecule has 1 rings (SSSR count). The number of rotatable bonds is 5. The summed E-state index contributed by atoms with van der Waals surface area (Å²) >= 11 is 3.14. The molecule has 0 amide bonds. The van der Waals surface area contributed by atoms with Gasteiger partial charge in [-0.1, -0.05) is 24.8 Å². The average molecular weight is 239 g/mol. The van der Waals surface area contributed by atoms with Crippen molar-refractivity contribution in [3.63, 3.8) is 0 Å². The summed E-state index contributed by atoms with van der Waals surface area (Å²) in [6.07, 6.45) is 5.46. The van der Waals surface area contributed by atoms with E-state index in [1.807, 2.05) is 19.1 Å². The van der Waals surface area contributed by atoms with Gasteiger partial charge in [0.25, 0.3) is 0 Å². The van der Waals surface area contributed by atoms with Gasteiger partial charge in [-0.15, -0.1) is 0 Å². The normalized spacial score (nSPS) is 12.3. The molecule has 0 fully saturated rings. The van der Waals surface area contributed by atoms with Crippen molar-refractivity contribution in [2.45, 2.75) is 18.2 Å². The third kappa shape index (κ3) is 3.60. The molecule has 0 saturated carbocycles. The first-order valence-corrected chi connectivity index (χ1v) is 6.33. The Bertz CT molecular complexity index is 380. The number of hydrogen-bond acceptors (Lipinski definition) is 5. The van der Waals surface area contributed by atoms with Gasteiger partial charge in [-0.3, -0.25) is 4.99 Å². The maximum atomic E-state index is 4.41. The zero-order chi connectivity index (χ0) is 11.1. The number of nitrogens with zero attached hydrogens (tertiary/aromatic N) is 3. The monoisotopic (exact) mass is 239 g/mol. The van der Waals surface area contributed by atoms with Gasteiger partial charge in [-0.2, -0.15) is 4.37 Å². The second-order valence-corrected chi connectivity index (χ2v) is 4.82. The fourth-order valence-corrected chi connectivity index (χ4v) is 2.45. The molecule has 15 heavy (non-hydrogen) atoms. The molecule has 0 spiro atoms. The molecular formula is C10H13N3S2. The molecule has 1 aromatic heterocycles. The van der Waals surface area contributed by atoms with Crippen LogP contribution in [0.25, 0.3) is 5.57 Å². The highest BCUT2D eigenvalue weighted by Gasteiger charge is 2.05. The molecule has 0 radical (unpaired) electrons. The van der Waals surface area contributed by atoms with Gasteiger partial charge in [0.1, 0.15) is 0 Å². The van der Waals surface area contributed by atoms with Gasteiger partial charge >= 0.3 is 0 Å². The number of hydrogen-bond donors (Lipinski definition) is 0. The van der Waals surface area contributed by atoms with E-state index in [-0.39, 0.29) is 0 Å². The van der Waals surface area contributed by atoms with Crippen molar-refractivity contribution >= 4 is 35.6 Å². The maximum absolute atomic E-state index is 4.41. The molecule has 0 aliphatic carbocycles. The summed E-state index contributed by atoms with van der Waals surface area (Å²) in [4.78, 5) is 8.08. The second-order valence-electron chi connectivity index (χ2n) is 2.56. The lowest BCUT2D eigenvalue weighted by Crippen LogP contribution is -1.83. The Labute approximate surface area is 98.2 Å². The fourth-order valence-electron chi connectivity index (χ4n) is 0.942.